The molecule has 0 radical (unpaired) electrons. The Hall–Kier alpha value is -2.14. The molecule has 0 aliphatic rings. The number of rotatable bonds is 3. The summed E-state index contributed by atoms with van der Waals surface area (Å²) in [5, 5.41) is 2.48. The number of benzene rings is 1. The van der Waals surface area contributed by atoms with Gasteiger partial charge in [0.1, 0.15) is 16.0 Å². The van der Waals surface area contributed by atoms with E-state index in [-0.39, 0.29) is 5.63 Å². The van der Waals surface area contributed by atoms with Crippen LogP contribution in [-0.4, -0.2) is 11.6 Å². The van der Waals surface area contributed by atoms with E-state index in [9.17, 15) is 4.79 Å². The van der Waals surface area contributed by atoms with Crippen molar-refractivity contribution in [3.05, 3.63) is 46.0 Å². The lowest BCUT2D eigenvalue weighted by Gasteiger charge is -2.04. The molecule has 20 heavy (non-hydrogen) atoms. The van der Waals surface area contributed by atoms with Crippen LogP contribution >= 0.6 is 11.3 Å². The smallest absolute Gasteiger partial charge is 0.348 e. The number of nitrogens with zero attached hydrogens (tertiary/aromatic N) is 1. The van der Waals surface area contributed by atoms with E-state index in [0.717, 1.165) is 16.9 Å². The Labute approximate surface area is 119 Å². The van der Waals surface area contributed by atoms with Gasteiger partial charge in [-0.1, -0.05) is 12.1 Å². The molecule has 0 spiro atoms. The number of thiophene rings is 1. The zero-order valence-corrected chi connectivity index (χ0v) is 12.0. The Bertz CT molecular complexity index is 802. The molecule has 3 rings (SSSR count). The first-order valence-electron chi connectivity index (χ1n) is 6.31. The molecular weight excluding hydrogens is 274 g/mol. The van der Waals surface area contributed by atoms with Gasteiger partial charge in [0.25, 0.3) is 0 Å². The maximum atomic E-state index is 12.0. The third kappa shape index (κ3) is 2.20. The van der Waals surface area contributed by atoms with E-state index in [2.05, 4.69) is 4.98 Å². The Morgan fingerprint density at radius 3 is 2.75 bits per heavy atom. The van der Waals surface area contributed by atoms with Crippen LogP contribution in [0.1, 0.15) is 12.8 Å². The summed E-state index contributed by atoms with van der Waals surface area (Å²) in [6.45, 7) is 4.25. The fraction of sp³-hybridized carbons (Fsp3) is 0.200. The maximum Gasteiger partial charge on any atom is 0.348 e. The molecule has 0 atom stereocenters. The first-order valence-corrected chi connectivity index (χ1v) is 7.19. The number of aromatic nitrogens is 1. The summed E-state index contributed by atoms with van der Waals surface area (Å²) in [5.74, 6) is 1.21. The standard InChI is InChI=1S/C15H13NO3S/c1-3-18-11-6-4-10(5-7-11)12-8-20-14-13(12)15(17)19-9(2)16-14/h4-8H,3H2,1-2H3. The van der Waals surface area contributed by atoms with Crippen molar-refractivity contribution < 1.29 is 9.15 Å². The molecule has 102 valence electrons. The monoisotopic (exact) mass is 287 g/mol. The molecule has 0 saturated carbocycles. The maximum absolute atomic E-state index is 12.0. The fourth-order valence-electron chi connectivity index (χ4n) is 2.09. The fourth-order valence-corrected chi connectivity index (χ4v) is 3.06. The highest BCUT2D eigenvalue weighted by atomic mass is 32.1. The van der Waals surface area contributed by atoms with Crippen LogP contribution < -0.4 is 10.4 Å². The normalized spacial score (nSPS) is 10.9. The zero-order chi connectivity index (χ0) is 14.1. The highest BCUT2D eigenvalue weighted by Gasteiger charge is 2.13. The van der Waals surface area contributed by atoms with Gasteiger partial charge >= 0.3 is 5.63 Å². The molecule has 5 heteroatoms. The molecule has 2 heterocycles. The summed E-state index contributed by atoms with van der Waals surface area (Å²) in [4.78, 5) is 17.0. The molecule has 0 amide bonds. The Kier molecular flexibility index (Phi) is 3.28. The van der Waals surface area contributed by atoms with E-state index in [0.29, 0.717) is 22.7 Å². The van der Waals surface area contributed by atoms with Crippen molar-refractivity contribution in [1.29, 1.82) is 0 Å². The Balaban J connectivity index is 2.12. The molecule has 1 aromatic carbocycles. The summed E-state index contributed by atoms with van der Waals surface area (Å²) in [6, 6.07) is 7.66. The van der Waals surface area contributed by atoms with Crippen molar-refractivity contribution >= 4 is 21.6 Å². The van der Waals surface area contributed by atoms with Gasteiger partial charge in [0.05, 0.1) is 6.61 Å². The molecule has 0 saturated heterocycles. The van der Waals surface area contributed by atoms with Crippen molar-refractivity contribution in [1.82, 2.24) is 4.98 Å². The lowest BCUT2D eigenvalue weighted by molar-refractivity contribution is 0.340. The van der Waals surface area contributed by atoms with Gasteiger partial charge in [-0.05, 0) is 24.6 Å². The molecule has 0 aliphatic heterocycles. The van der Waals surface area contributed by atoms with E-state index >= 15 is 0 Å². The highest BCUT2D eigenvalue weighted by molar-refractivity contribution is 7.17. The minimum atomic E-state index is -0.336. The minimum Gasteiger partial charge on any atom is -0.494 e. The molecule has 0 aliphatic carbocycles. The Morgan fingerprint density at radius 1 is 1.30 bits per heavy atom. The van der Waals surface area contributed by atoms with Crippen LogP contribution in [0.25, 0.3) is 21.3 Å². The third-order valence-electron chi connectivity index (χ3n) is 2.95. The molecule has 0 fully saturated rings. The minimum absolute atomic E-state index is 0.336. The molecule has 0 bridgehead atoms. The quantitative estimate of drug-likeness (QED) is 0.738. The number of aryl methyl sites for hydroxylation is 1. The molecule has 0 unspecified atom stereocenters. The number of fused-ring (bicyclic) bond motifs is 1. The third-order valence-corrected chi connectivity index (χ3v) is 3.82. The number of ether oxygens (including phenoxy) is 1. The van der Waals surface area contributed by atoms with Crippen molar-refractivity contribution in [2.75, 3.05) is 6.61 Å². The summed E-state index contributed by atoms with van der Waals surface area (Å²) in [7, 11) is 0. The summed E-state index contributed by atoms with van der Waals surface area (Å²) >= 11 is 1.45. The second-order valence-electron chi connectivity index (χ2n) is 4.31. The van der Waals surface area contributed by atoms with Gasteiger partial charge in [-0.15, -0.1) is 11.3 Å². The average Bonchev–Trinajstić information content (AvgIpc) is 2.84. The molecular formula is C15H13NO3S. The van der Waals surface area contributed by atoms with E-state index in [4.69, 9.17) is 9.15 Å². The van der Waals surface area contributed by atoms with Crippen molar-refractivity contribution in [3.8, 4) is 16.9 Å². The van der Waals surface area contributed by atoms with Crippen LogP contribution in [0.2, 0.25) is 0 Å². The SMILES string of the molecule is CCOc1ccc(-c2csc3nc(C)oc(=O)c23)cc1. The van der Waals surface area contributed by atoms with Crippen molar-refractivity contribution in [3.63, 3.8) is 0 Å². The second kappa shape index (κ2) is 5.09. The number of hydrogen-bond donors (Lipinski definition) is 0. The lowest BCUT2D eigenvalue weighted by atomic mass is 10.1. The van der Waals surface area contributed by atoms with Crippen LogP contribution in [0.3, 0.4) is 0 Å². The van der Waals surface area contributed by atoms with Gasteiger partial charge in [0.2, 0.25) is 0 Å². The molecule has 4 nitrogen and oxygen atoms in total. The Morgan fingerprint density at radius 2 is 2.05 bits per heavy atom. The van der Waals surface area contributed by atoms with Gasteiger partial charge in [0, 0.05) is 17.9 Å². The van der Waals surface area contributed by atoms with Crippen LogP contribution in [0, 0.1) is 6.92 Å². The predicted molar refractivity (Wildman–Crippen MR) is 79.5 cm³/mol. The summed E-state index contributed by atoms with van der Waals surface area (Å²) in [5.41, 5.74) is 1.48. The van der Waals surface area contributed by atoms with Gasteiger partial charge < -0.3 is 9.15 Å². The summed E-state index contributed by atoms with van der Waals surface area (Å²) in [6.07, 6.45) is 0. The predicted octanol–water partition coefficient (Wildman–Crippen LogP) is 3.62. The van der Waals surface area contributed by atoms with Crippen molar-refractivity contribution in [2.45, 2.75) is 13.8 Å². The first-order chi connectivity index (χ1) is 9.69. The van der Waals surface area contributed by atoms with E-state index in [1.807, 2.05) is 36.6 Å². The first kappa shape index (κ1) is 12.9. The van der Waals surface area contributed by atoms with Gasteiger partial charge in [0.15, 0.2) is 5.89 Å². The largest absolute Gasteiger partial charge is 0.494 e. The zero-order valence-electron chi connectivity index (χ0n) is 11.2. The molecule has 0 N–H and O–H groups in total. The number of hydrogen-bond acceptors (Lipinski definition) is 5. The van der Waals surface area contributed by atoms with E-state index in [1.165, 1.54) is 11.3 Å². The van der Waals surface area contributed by atoms with Gasteiger partial charge in [-0.25, -0.2) is 9.78 Å². The van der Waals surface area contributed by atoms with Crippen LogP contribution in [0.15, 0.2) is 38.9 Å². The lowest BCUT2D eigenvalue weighted by Crippen LogP contribution is -2.01. The van der Waals surface area contributed by atoms with Crippen molar-refractivity contribution in [2.24, 2.45) is 0 Å². The van der Waals surface area contributed by atoms with Crippen LogP contribution in [0.4, 0.5) is 0 Å². The molecule has 3 aromatic rings. The van der Waals surface area contributed by atoms with Crippen LogP contribution in [-0.2, 0) is 0 Å². The van der Waals surface area contributed by atoms with Gasteiger partial charge in [-0.2, -0.15) is 0 Å². The second-order valence-corrected chi connectivity index (χ2v) is 5.17. The summed E-state index contributed by atoms with van der Waals surface area (Å²) < 4.78 is 10.5. The van der Waals surface area contributed by atoms with Crippen LogP contribution in [0.5, 0.6) is 5.75 Å². The molecule has 2 aromatic heterocycles. The topological polar surface area (TPSA) is 52.3 Å². The highest BCUT2D eigenvalue weighted by Crippen LogP contribution is 2.31. The van der Waals surface area contributed by atoms with Gasteiger partial charge in [-0.3, -0.25) is 0 Å². The van der Waals surface area contributed by atoms with E-state index in [1.54, 1.807) is 6.92 Å². The average molecular weight is 287 g/mol. The van der Waals surface area contributed by atoms with E-state index < -0.39 is 0 Å².